The van der Waals surface area contributed by atoms with Crippen LogP contribution in [0.15, 0.2) is 0 Å². The molecular formula is C43H69F6N3. The number of alkyl halides is 6. The number of hydrogen-bond donors (Lipinski definition) is 1. The lowest BCUT2D eigenvalue weighted by molar-refractivity contribution is -0.267. The molecule has 52 heavy (non-hydrogen) atoms. The van der Waals surface area contributed by atoms with E-state index in [2.05, 4.69) is 15.1 Å². The Morgan fingerprint density at radius 2 is 0.981 bits per heavy atom. The van der Waals surface area contributed by atoms with Crippen LogP contribution in [-0.4, -0.2) is 71.0 Å². The van der Waals surface area contributed by atoms with Gasteiger partial charge in [-0.25, -0.2) is 0 Å². The van der Waals surface area contributed by atoms with Crippen LogP contribution in [0.5, 0.6) is 0 Å². The van der Waals surface area contributed by atoms with E-state index in [9.17, 15) is 26.3 Å². The van der Waals surface area contributed by atoms with E-state index in [1.165, 1.54) is 122 Å². The topological polar surface area (TPSA) is 18.5 Å². The zero-order valence-electron chi connectivity index (χ0n) is 31.8. The molecule has 1 N–H and O–H groups in total. The molecule has 8 rings (SSSR count). The van der Waals surface area contributed by atoms with E-state index >= 15 is 0 Å². The van der Waals surface area contributed by atoms with Gasteiger partial charge in [-0.1, -0.05) is 51.4 Å². The third-order valence-electron chi connectivity index (χ3n) is 17.0. The maximum Gasteiger partial charge on any atom is 0.392 e. The van der Waals surface area contributed by atoms with Crippen molar-refractivity contribution in [1.82, 2.24) is 15.1 Å². The molecule has 8 aliphatic rings. The number of nitrogens with zero attached hydrogens (tertiary/aromatic N) is 2. The summed E-state index contributed by atoms with van der Waals surface area (Å²) in [6.45, 7) is 1.08. The van der Waals surface area contributed by atoms with E-state index < -0.39 is 24.2 Å². The first kappa shape index (κ1) is 38.3. The van der Waals surface area contributed by atoms with E-state index in [-0.39, 0.29) is 31.1 Å². The molecule has 2 saturated heterocycles. The molecule has 3 nitrogen and oxygen atoms in total. The molecule has 6 aliphatic carbocycles. The average molecular weight is 742 g/mol. The van der Waals surface area contributed by atoms with Crippen molar-refractivity contribution < 1.29 is 26.3 Å². The quantitative estimate of drug-likeness (QED) is 0.274. The molecule has 8 unspecified atom stereocenters. The fourth-order valence-corrected chi connectivity index (χ4v) is 14.6. The zero-order valence-corrected chi connectivity index (χ0v) is 31.8. The lowest BCUT2D eigenvalue weighted by Crippen LogP contribution is -2.57. The van der Waals surface area contributed by atoms with Crippen LogP contribution in [0.3, 0.4) is 0 Å². The first-order chi connectivity index (χ1) is 25.1. The molecule has 0 amide bonds. The first-order valence-corrected chi connectivity index (χ1v) is 22.5. The maximum atomic E-state index is 13.9. The fraction of sp³-hybridized carbons (Fsp3) is 1.00. The van der Waals surface area contributed by atoms with Crippen molar-refractivity contribution in [1.29, 1.82) is 0 Å². The third-order valence-corrected chi connectivity index (χ3v) is 17.0. The molecule has 8 fully saturated rings. The Balaban J connectivity index is 0.875. The van der Waals surface area contributed by atoms with E-state index in [1.807, 2.05) is 0 Å². The van der Waals surface area contributed by atoms with Gasteiger partial charge in [0.25, 0.3) is 0 Å². The molecule has 0 aromatic carbocycles. The Morgan fingerprint density at radius 1 is 0.442 bits per heavy atom. The number of hydrogen-bond acceptors (Lipinski definition) is 3. The summed E-state index contributed by atoms with van der Waals surface area (Å²) in [6.07, 6.45) is 20.1. The van der Waals surface area contributed by atoms with Gasteiger partial charge in [-0.05, 0) is 145 Å². The Hall–Kier alpha value is -0.540. The molecule has 0 spiro atoms. The van der Waals surface area contributed by atoms with Gasteiger partial charge in [-0.15, -0.1) is 0 Å². The highest BCUT2D eigenvalue weighted by Crippen LogP contribution is 2.55. The first-order valence-electron chi connectivity index (χ1n) is 22.5. The van der Waals surface area contributed by atoms with Crippen LogP contribution in [0.4, 0.5) is 26.3 Å². The van der Waals surface area contributed by atoms with Gasteiger partial charge in [0, 0.05) is 48.8 Å². The number of piperidine rings is 1. The molecule has 0 aromatic rings. The summed E-state index contributed by atoms with van der Waals surface area (Å²) in [5.74, 6) is -2.27. The molecule has 2 aliphatic heterocycles. The normalized spacial score (nSPS) is 43.7. The SMILES string of the molecule is FC(F)(F)C1CCC(C2CCC(N3C4CCCCC4C4CC(C5CCC(N(C6CCCCC6)C6CCCCC6)CC5)NCC43)CC2)CC1C(F)(F)F. The zero-order chi connectivity index (χ0) is 36.0. The average Bonchev–Trinajstić information content (AvgIpc) is 3.49. The Morgan fingerprint density at radius 3 is 1.60 bits per heavy atom. The molecule has 9 heteroatoms. The minimum atomic E-state index is -4.79. The fourth-order valence-electron chi connectivity index (χ4n) is 14.6. The molecule has 0 aromatic heterocycles. The summed E-state index contributed by atoms with van der Waals surface area (Å²) in [5.41, 5.74) is 0. The molecule has 0 bridgehead atoms. The molecule has 298 valence electrons. The Labute approximate surface area is 310 Å². The molecule has 6 saturated carbocycles. The standard InChI is InChI=1S/C43H69F6N3/c44-42(45,46)37-24-19-30(25-38(37)43(47,48)49)28-15-20-34(21-16-28)52-40-14-8-7-13-35(40)36-26-39(50-27-41(36)52)29-17-22-33(23-18-29)51(31-9-3-1-4-10-31)32-11-5-2-6-12-32/h28-41,50H,1-27H2. The minimum absolute atomic E-state index is 0.131. The van der Waals surface area contributed by atoms with E-state index in [0.717, 1.165) is 68.1 Å². The summed E-state index contributed by atoms with van der Waals surface area (Å²) in [7, 11) is 0. The van der Waals surface area contributed by atoms with Crippen LogP contribution < -0.4 is 5.32 Å². The van der Waals surface area contributed by atoms with Crippen molar-refractivity contribution in [2.75, 3.05) is 6.54 Å². The summed E-state index contributed by atoms with van der Waals surface area (Å²) < 4.78 is 82.3. The van der Waals surface area contributed by atoms with Crippen LogP contribution in [0.2, 0.25) is 0 Å². The van der Waals surface area contributed by atoms with Gasteiger partial charge in [-0.3, -0.25) is 9.80 Å². The lowest BCUT2D eigenvalue weighted by Gasteiger charge is -2.50. The number of halogens is 6. The smallest absolute Gasteiger partial charge is 0.312 e. The van der Waals surface area contributed by atoms with Crippen molar-refractivity contribution in [2.24, 2.45) is 41.4 Å². The van der Waals surface area contributed by atoms with Crippen molar-refractivity contribution in [3.63, 3.8) is 0 Å². The highest BCUT2D eigenvalue weighted by atomic mass is 19.4. The predicted octanol–water partition coefficient (Wildman–Crippen LogP) is 11.4. The predicted molar refractivity (Wildman–Crippen MR) is 195 cm³/mol. The van der Waals surface area contributed by atoms with Crippen LogP contribution in [0.25, 0.3) is 0 Å². The summed E-state index contributed by atoms with van der Waals surface area (Å²) in [6, 6.07) is 4.75. The van der Waals surface area contributed by atoms with Gasteiger partial charge in [0.2, 0.25) is 0 Å². The van der Waals surface area contributed by atoms with Crippen LogP contribution in [0.1, 0.15) is 167 Å². The number of fused-ring (bicyclic) bond motifs is 3. The van der Waals surface area contributed by atoms with Crippen molar-refractivity contribution >= 4 is 0 Å². The molecular weight excluding hydrogens is 672 g/mol. The van der Waals surface area contributed by atoms with Crippen molar-refractivity contribution in [2.45, 2.75) is 222 Å². The third kappa shape index (κ3) is 8.00. The second-order valence-corrected chi connectivity index (χ2v) is 19.5. The van der Waals surface area contributed by atoms with Crippen molar-refractivity contribution in [3.8, 4) is 0 Å². The largest absolute Gasteiger partial charge is 0.392 e. The molecule has 0 radical (unpaired) electrons. The Bertz CT molecular complexity index is 1110. The van der Waals surface area contributed by atoms with Gasteiger partial charge < -0.3 is 5.32 Å². The van der Waals surface area contributed by atoms with Crippen LogP contribution in [0, 0.1) is 41.4 Å². The number of nitrogens with one attached hydrogen (secondary N) is 1. The number of rotatable bonds is 6. The Kier molecular flexibility index (Phi) is 11.9. The van der Waals surface area contributed by atoms with Gasteiger partial charge in [0.15, 0.2) is 0 Å². The second-order valence-electron chi connectivity index (χ2n) is 19.5. The van der Waals surface area contributed by atoms with Crippen LogP contribution >= 0.6 is 0 Å². The highest BCUT2D eigenvalue weighted by Gasteiger charge is 2.58. The number of likely N-dealkylation sites (tertiary alicyclic amines) is 1. The lowest BCUT2D eigenvalue weighted by atomic mass is 9.66. The van der Waals surface area contributed by atoms with Gasteiger partial charge in [0.1, 0.15) is 0 Å². The highest BCUT2D eigenvalue weighted by molar-refractivity contribution is 5.09. The molecule has 8 atom stereocenters. The van der Waals surface area contributed by atoms with Gasteiger partial charge in [-0.2, -0.15) is 26.3 Å². The van der Waals surface area contributed by atoms with Crippen molar-refractivity contribution in [3.05, 3.63) is 0 Å². The van der Waals surface area contributed by atoms with E-state index in [4.69, 9.17) is 0 Å². The van der Waals surface area contributed by atoms with Crippen LogP contribution in [-0.2, 0) is 0 Å². The monoisotopic (exact) mass is 742 g/mol. The second kappa shape index (κ2) is 16.1. The molecule has 2 heterocycles. The summed E-state index contributed by atoms with van der Waals surface area (Å²) >= 11 is 0. The van der Waals surface area contributed by atoms with Gasteiger partial charge >= 0.3 is 12.4 Å². The maximum absolute atomic E-state index is 13.9. The van der Waals surface area contributed by atoms with Gasteiger partial charge in [0.05, 0.1) is 11.8 Å². The van der Waals surface area contributed by atoms with E-state index in [1.54, 1.807) is 0 Å². The minimum Gasteiger partial charge on any atom is -0.312 e. The summed E-state index contributed by atoms with van der Waals surface area (Å²) in [4.78, 5) is 6.04. The summed E-state index contributed by atoms with van der Waals surface area (Å²) in [5, 5.41) is 4.15. The van der Waals surface area contributed by atoms with E-state index in [0.29, 0.717) is 24.2 Å².